The molecule has 0 saturated heterocycles. The Morgan fingerprint density at radius 2 is 1.77 bits per heavy atom. The van der Waals surface area contributed by atoms with Crippen LogP contribution in [-0.2, 0) is 4.79 Å². The van der Waals surface area contributed by atoms with Gasteiger partial charge in [-0.2, -0.15) is 0 Å². The fourth-order valence-electron chi connectivity index (χ4n) is 7.01. The molecule has 0 aromatic heterocycles. The van der Waals surface area contributed by atoms with E-state index in [0.717, 1.165) is 32.1 Å². The summed E-state index contributed by atoms with van der Waals surface area (Å²) < 4.78 is 0. The Morgan fingerprint density at radius 1 is 1.05 bits per heavy atom. The van der Waals surface area contributed by atoms with Gasteiger partial charge in [-0.3, -0.25) is 4.79 Å². The molecule has 0 aliphatic heterocycles. The normalized spacial score (nSPS) is 57.9. The van der Waals surface area contributed by atoms with Gasteiger partial charge in [0.05, 0.1) is 6.10 Å². The van der Waals surface area contributed by atoms with E-state index in [9.17, 15) is 9.90 Å². The van der Waals surface area contributed by atoms with Gasteiger partial charge in [-0.15, -0.1) is 11.6 Å². The number of fused-ring (bicyclic) bond motifs is 5. The predicted molar refractivity (Wildman–Crippen MR) is 87.8 cm³/mol. The molecule has 0 aromatic carbocycles. The van der Waals surface area contributed by atoms with Crippen LogP contribution in [0.1, 0.15) is 65.2 Å². The van der Waals surface area contributed by atoms with Crippen LogP contribution >= 0.6 is 11.6 Å². The summed E-state index contributed by atoms with van der Waals surface area (Å²) in [6, 6.07) is 0. The molecule has 8 atom stereocenters. The molecule has 124 valence electrons. The number of ketones is 1. The number of rotatable bonds is 0. The maximum absolute atomic E-state index is 12.0. The average molecular weight is 325 g/mol. The maximum atomic E-state index is 12.0. The third-order valence-corrected chi connectivity index (χ3v) is 8.89. The van der Waals surface area contributed by atoms with E-state index in [1.54, 1.807) is 0 Å². The van der Waals surface area contributed by atoms with Crippen molar-refractivity contribution in [3.8, 4) is 0 Å². The summed E-state index contributed by atoms with van der Waals surface area (Å²) in [5, 5.41) is 10.6. The molecule has 0 aromatic rings. The lowest BCUT2D eigenvalue weighted by Crippen LogP contribution is -2.57. The summed E-state index contributed by atoms with van der Waals surface area (Å²) in [7, 11) is 0. The molecule has 3 heteroatoms. The zero-order chi connectivity index (χ0) is 15.7. The van der Waals surface area contributed by atoms with E-state index in [4.69, 9.17) is 11.6 Å². The fraction of sp³-hybridized carbons (Fsp3) is 0.947. The van der Waals surface area contributed by atoms with E-state index >= 15 is 0 Å². The molecule has 4 rings (SSSR count). The molecule has 22 heavy (non-hydrogen) atoms. The van der Waals surface area contributed by atoms with Crippen LogP contribution in [0.25, 0.3) is 0 Å². The number of carbonyl (C=O) groups excluding carboxylic acids is 1. The van der Waals surface area contributed by atoms with Crippen molar-refractivity contribution in [1.29, 1.82) is 0 Å². The van der Waals surface area contributed by atoms with Crippen molar-refractivity contribution >= 4 is 17.4 Å². The molecule has 0 spiro atoms. The number of aliphatic hydroxyl groups is 1. The SMILES string of the molecule is C[C@]12CC[C@H]3[C@@H](CC(Cl)C4CC(=O)CC[C@@]43C)[C@@H]1CC[C@@H]2O. The smallest absolute Gasteiger partial charge is 0.133 e. The van der Waals surface area contributed by atoms with Gasteiger partial charge in [-0.25, -0.2) is 0 Å². The molecule has 0 bridgehead atoms. The lowest BCUT2D eigenvalue weighted by atomic mass is 9.45. The van der Waals surface area contributed by atoms with E-state index in [0.29, 0.717) is 35.9 Å². The molecule has 1 N–H and O–H groups in total. The zero-order valence-electron chi connectivity index (χ0n) is 13.9. The minimum atomic E-state index is -0.120. The minimum Gasteiger partial charge on any atom is -0.393 e. The van der Waals surface area contributed by atoms with Gasteiger partial charge in [0.15, 0.2) is 0 Å². The van der Waals surface area contributed by atoms with Crippen molar-refractivity contribution in [2.24, 2.45) is 34.5 Å². The first-order chi connectivity index (χ1) is 10.4. The summed E-state index contributed by atoms with van der Waals surface area (Å²) in [5.41, 5.74) is 0.365. The van der Waals surface area contributed by atoms with Crippen molar-refractivity contribution in [3.05, 3.63) is 0 Å². The van der Waals surface area contributed by atoms with Crippen LogP contribution in [0.4, 0.5) is 0 Å². The monoisotopic (exact) mass is 324 g/mol. The number of hydrogen-bond donors (Lipinski definition) is 1. The molecule has 0 amide bonds. The largest absolute Gasteiger partial charge is 0.393 e. The number of alkyl halides is 1. The van der Waals surface area contributed by atoms with Gasteiger partial charge in [-0.05, 0) is 73.0 Å². The molecular weight excluding hydrogens is 296 g/mol. The van der Waals surface area contributed by atoms with Crippen LogP contribution in [0, 0.1) is 34.5 Å². The molecular formula is C19H29ClO2. The maximum Gasteiger partial charge on any atom is 0.133 e. The highest BCUT2D eigenvalue weighted by Gasteiger charge is 2.61. The first kappa shape index (κ1) is 15.4. The van der Waals surface area contributed by atoms with Gasteiger partial charge in [0.2, 0.25) is 0 Å². The summed E-state index contributed by atoms with van der Waals surface area (Å²) in [6.07, 6.45) is 7.95. The van der Waals surface area contributed by atoms with E-state index in [1.807, 2.05) is 0 Å². The first-order valence-electron chi connectivity index (χ1n) is 9.20. The number of aliphatic hydroxyl groups excluding tert-OH is 1. The average Bonchev–Trinajstić information content (AvgIpc) is 2.77. The standard InChI is InChI=1S/C19H29ClO2/c1-18-7-5-11(21)9-15(18)16(20)10-12-13-3-4-17(22)19(13,2)8-6-14(12)18/h12-17,22H,3-10H2,1-2H3/t12-,13-,14-,15?,16?,17-,18+,19-/m0/s1. The number of halogens is 1. The second-order valence-corrected chi connectivity index (χ2v) is 9.68. The van der Waals surface area contributed by atoms with Crippen LogP contribution in [0.15, 0.2) is 0 Å². The summed E-state index contributed by atoms with van der Waals surface area (Å²) in [4.78, 5) is 12.0. The van der Waals surface area contributed by atoms with Crippen molar-refractivity contribution < 1.29 is 9.90 Å². The molecule has 4 fully saturated rings. The summed E-state index contributed by atoms with van der Waals surface area (Å²) in [6.45, 7) is 4.73. The highest BCUT2D eigenvalue weighted by atomic mass is 35.5. The van der Waals surface area contributed by atoms with Crippen LogP contribution < -0.4 is 0 Å². The molecule has 2 nitrogen and oxygen atoms in total. The molecule has 4 aliphatic rings. The Labute approximate surface area is 139 Å². The first-order valence-corrected chi connectivity index (χ1v) is 9.64. The van der Waals surface area contributed by atoms with Crippen LogP contribution in [-0.4, -0.2) is 22.4 Å². The minimum absolute atomic E-state index is 0.117. The number of hydrogen-bond acceptors (Lipinski definition) is 2. The highest BCUT2D eigenvalue weighted by Crippen LogP contribution is 2.66. The quantitative estimate of drug-likeness (QED) is 0.679. The molecule has 2 unspecified atom stereocenters. The van der Waals surface area contributed by atoms with Gasteiger partial charge in [0.25, 0.3) is 0 Å². The van der Waals surface area contributed by atoms with Gasteiger partial charge >= 0.3 is 0 Å². The fourth-order valence-corrected chi connectivity index (χ4v) is 7.59. The number of Topliss-reactive ketones (excluding diaryl/α,β-unsaturated/α-hetero) is 1. The molecule has 4 aliphatic carbocycles. The number of carbonyl (C=O) groups is 1. The molecule has 4 saturated carbocycles. The third-order valence-electron chi connectivity index (χ3n) is 8.41. The van der Waals surface area contributed by atoms with Gasteiger partial charge < -0.3 is 5.11 Å². The predicted octanol–water partition coefficient (Wildman–Crippen LogP) is 4.18. The lowest BCUT2D eigenvalue weighted by Gasteiger charge is -2.61. The topological polar surface area (TPSA) is 37.3 Å². The lowest BCUT2D eigenvalue weighted by molar-refractivity contribution is -0.141. The summed E-state index contributed by atoms with van der Waals surface area (Å²) >= 11 is 6.82. The Balaban J connectivity index is 1.68. The Kier molecular flexibility index (Phi) is 3.48. The van der Waals surface area contributed by atoms with Crippen LogP contribution in [0.3, 0.4) is 0 Å². The zero-order valence-corrected chi connectivity index (χ0v) is 14.6. The van der Waals surface area contributed by atoms with Crippen LogP contribution in [0.5, 0.6) is 0 Å². The Bertz CT molecular complexity index is 492. The highest BCUT2D eigenvalue weighted by molar-refractivity contribution is 6.21. The Hall–Kier alpha value is -0.0800. The van der Waals surface area contributed by atoms with Crippen molar-refractivity contribution in [2.45, 2.75) is 76.7 Å². The summed E-state index contributed by atoms with van der Waals surface area (Å²) in [5.74, 6) is 2.81. The van der Waals surface area contributed by atoms with E-state index in [-0.39, 0.29) is 22.3 Å². The van der Waals surface area contributed by atoms with Crippen LogP contribution in [0.2, 0.25) is 0 Å². The third kappa shape index (κ3) is 1.92. The molecule has 0 radical (unpaired) electrons. The van der Waals surface area contributed by atoms with Gasteiger partial charge in [-0.1, -0.05) is 13.8 Å². The van der Waals surface area contributed by atoms with E-state index in [1.165, 1.54) is 12.8 Å². The van der Waals surface area contributed by atoms with Gasteiger partial charge in [0, 0.05) is 18.2 Å². The van der Waals surface area contributed by atoms with E-state index in [2.05, 4.69) is 13.8 Å². The van der Waals surface area contributed by atoms with Crippen molar-refractivity contribution in [1.82, 2.24) is 0 Å². The van der Waals surface area contributed by atoms with E-state index < -0.39 is 0 Å². The molecule has 0 heterocycles. The van der Waals surface area contributed by atoms with Crippen molar-refractivity contribution in [3.63, 3.8) is 0 Å². The second kappa shape index (κ2) is 4.96. The van der Waals surface area contributed by atoms with Crippen molar-refractivity contribution in [2.75, 3.05) is 0 Å². The second-order valence-electron chi connectivity index (χ2n) is 9.12. The van der Waals surface area contributed by atoms with Gasteiger partial charge in [0.1, 0.15) is 5.78 Å². The Morgan fingerprint density at radius 3 is 2.55 bits per heavy atom.